The highest BCUT2D eigenvalue weighted by Gasteiger charge is 2.27. The average Bonchev–Trinajstić information content (AvgIpc) is 3.42. The van der Waals surface area contributed by atoms with Gasteiger partial charge in [-0.1, -0.05) is 11.6 Å². The Morgan fingerprint density at radius 1 is 1.18 bits per heavy atom. The molecule has 0 radical (unpaired) electrons. The molecule has 1 N–H and O–H groups in total. The highest BCUT2D eigenvalue weighted by Crippen LogP contribution is 2.39. The molecule has 13 heteroatoms. The lowest BCUT2D eigenvalue weighted by Gasteiger charge is -2.28. The molecule has 0 bridgehead atoms. The number of carbonyl (C=O) groups is 1. The second-order valence-electron chi connectivity index (χ2n) is 9.33. The van der Waals surface area contributed by atoms with Gasteiger partial charge in [0.15, 0.2) is 0 Å². The molecule has 0 saturated heterocycles. The molecule has 0 atom stereocenters. The van der Waals surface area contributed by atoms with E-state index in [0.717, 1.165) is 29.0 Å². The molecular weight excluding hydrogens is 567 g/mol. The first-order valence-electron chi connectivity index (χ1n) is 12.1. The SMILES string of the molecule is COc1ccc(CN(Sc2cc(Cl)c(N(CCCCO)C(=O)OC(C)(C)C)cc2F)c2ncns2)c(OC)c1. The standard InChI is InChI=1S/C26H32ClFN4O5S2/c1-26(2,3)37-25(34)31(10-6-7-11-33)21-14-20(28)23(13-19(21)27)39-32(24-29-16-30-38-24)15-17-8-9-18(35-4)12-22(17)36-5/h8-9,12-14,16,33H,6-7,10-11,15H2,1-5H3. The van der Waals surface area contributed by atoms with Crippen LogP contribution >= 0.6 is 35.1 Å². The highest BCUT2D eigenvalue weighted by atomic mass is 35.5. The van der Waals surface area contributed by atoms with Crippen molar-refractivity contribution in [1.82, 2.24) is 9.36 Å². The van der Waals surface area contributed by atoms with Crippen molar-refractivity contribution < 1.29 is 28.5 Å². The number of hydrogen-bond donors (Lipinski definition) is 1. The summed E-state index contributed by atoms with van der Waals surface area (Å²) in [5, 5.41) is 9.91. The molecule has 0 spiro atoms. The van der Waals surface area contributed by atoms with Crippen LogP contribution in [0.25, 0.3) is 0 Å². The van der Waals surface area contributed by atoms with Crippen molar-refractivity contribution in [3.05, 3.63) is 53.1 Å². The van der Waals surface area contributed by atoms with Crippen LogP contribution in [-0.4, -0.2) is 53.5 Å². The second-order valence-corrected chi connectivity index (χ2v) is 11.6. The van der Waals surface area contributed by atoms with Gasteiger partial charge >= 0.3 is 6.09 Å². The Morgan fingerprint density at radius 3 is 2.56 bits per heavy atom. The zero-order chi connectivity index (χ0) is 28.6. The summed E-state index contributed by atoms with van der Waals surface area (Å²) in [6.07, 6.45) is 1.73. The normalized spacial score (nSPS) is 11.3. The average molecular weight is 599 g/mol. The van der Waals surface area contributed by atoms with Crippen LogP contribution in [0.1, 0.15) is 39.2 Å². The van der Waals surface area contributed by atoms with E-state index in [2.05, 4.69) is 9.36 Å². The Balaban J connectivity index is 1.93. The zero-order valence-corrected chi connectivity index (χ0v) is 24.8. The van der Waals surface area contributed by atoms with Crippen molar-refractivity contribution in [2.24, 2.45) is 0 Å². The number of nitrogens with zero attached hydrogens (tertiary/aromatic N) is 4. The molecular formula is C26H32ClFN4O5S2. The van der Waals surface area contributed by atoms with E-state index < -0.39 is 17.5 Å². The van der Waals surface area contributed by atoms with Gasteiger partial charge in [0, 0.05) is 42.4 Å². The van der Waals surface area contributed by atoms with Crippen LogP contribution in [0.2, 0.25) is 5.02 Å². The lowest BCUT2D eigenvalue weighted by molar-refractivity contribution is 0.0579. The predicted molar refractivity (Wildman–Crippen MR) is 153 cm³/mol. The third-order valence-corrected chi connectivity index (χ3v) is 7.41. The molecule has 39 heavy (non-hydrogen) atoms. The fourth-order valence-corrected chi connectivity index (χ4v) is 5.34. The molecule has 0 fully saturated rings. The largest absolute Gasteiger partial charge is 0.497 e. The van der Waals surface area contributed by atoms with Crippen LogP contribution in [-0.2, 0) is 11.3 Å². The lowest BCUT2D eigenvalue weighted by atomic mass is 10.2. The molecule has 3 aromatic rings. The van der Waals surface area contributed by atoms with Gasteiger partial charge in [-0.25, -0.2) is 14.2 Å². The van der Waals surface area contributed by atoms with Gasteiger partial charge in [0.2, 0.25) is 5.13 Å². The van der Waals surface area contributed by atoms with Crippen molar-refractivity contribution in [3.63, 3.8) is 0 Å². The van der Waals surface area contributed by atoms with E-state index in [1.807, 2.05) is 12.1 Å². The molecule has 0 saturated carbocycles. The molecule has 0 unspecified atom stereocenters. The Bertz CT molecular complexity index is 1240. The predicted octanol–water partition coefficient (Wildman–Crippen LogP) is 6.58. The third kappa shape index (κ3) is 8.59. The summed E-state index contributed by atoms with van der Waals surface area (Å²) in [6, 6.07) is 8.14. The topological polar surface area (TPSA) is 97.2 Å². The summed E-state index contributed by atoms with van der Waals surface area (Å²) >= 11 is 8.88. The van der Waals surface area contributed by atoms with Crippen LogP contribution in [0.3, 0.4) is 0 Å². The summed E-state index contributed by atoms with van der Waals surface area (Å²) in [6.45, 7) is 5.74. The van der Waals surface area contributed by atoms with E-state index in [-0.39, 0.29) is 28.8 Å². The fourth-order valence-electron chi connectivity index (χ4n) is 3.48. The van der Waals surface area contributed by atoms with Crippen molar-refractivity contribution >= 4 is 52.0 Å². The van der Waals surface area contributed by atoms with Crippen molar-refractivity contribution in [2.75, 3.05) is 36.6 Å². The van der Waals surface area contributed by atoms with Crippen molar-refractivity contribution in [1.29, 1.82) is 0 Å². The number of unbranched alkanes of at least 4 members (excludes halogenated alkanes) is 1. The van der Waals surface area contributed by atoms with Gasteiger partial charge in [0.05, 0.1) is 36.4 Å². The van der Waals surface area contributed by atoms with Gasteiger partial charge in [-0.05, 0) is 63.8 Å². The van der Waals surface area contributed by atoms with E-state index in [1.165, 1.54) is 23.4 Å². The van der Waals surface area contributed by atoms with Gasteiger partial charge < -0.3 is 19.3 Å². The summed E-state index contributed by atoms with van der Waals surface area (Å²) in [7, 11) is 3.14. The monoisotopic (exact) mass is 598 g/mol. The highest BCUT2D eigenvalue weighted by molar-refractivity contribution is 8.00. The van der Waals surface area contributed by atoms with Crippen LogP contribution in [0.5, 0.6) is 11.5 Å². The smallest absolute Gasteiger partial charge is 0.414 e. The number of amides is 1. The molecule has 0 aliphatic heterocycles. The van der Waals surface area contributed by atoms with Crippen LogP contribution in [0.15, 0.2) is 41.6 Å². The van der Waals surface area contributed by atoms with E-state index in [0.29, 0.717) is 36.0 Å². The molecule has 1 heterocycles. The lowest BCUT2D eigenvalue weighted by Crippen LogP contribution is -2.37. The van der Waals surface area contributed by atoms with Crippen LogP contribution in [0.4, 0.5) is 20.0 Å². The Morgan fingerprint density at radius 2 is 1.95 bits per heavy atom. The number of halogens is 2. The molecule has 1 aromatic heterocycles. The number of aliphatic hydroxyl groups is 1. The molecule has 3 rings (SSSR count). The van der Waals surface area contributed by atoms with Gasteiger partial charge in [-0.3, -0.25) is 9.21 Å². The van der Waals surface area contributed by atoms with Gasteiger partial charge in [0.1, 0.15) is 29.2 Å². The maximum Gasteiger partial charge on any atom is 0.414 e. The minimum Gasteiger partial charge on any atom is -0.497 e. The van der Waals surface area contributed by atoms with E-state index >= 15 is 4.39 Å². The van der Waals surface area contributed by atoms with Crippen LogP contribution < -0.4 is 18.7 Å². The van der Waals surface area contributed by atoms with E-state index in [9.17, 15) is 9.90 Å². The van der Waals surface area contributed by atoms with Crippen molar-refractivity contribution in [3.8, 4) is 11.5 Å². The quantitative estimate of drug-likeness (QED) is 0.183. The fraction of sp³-hybridized carbons (Fsp3) is 0.423. The summed E-state index contributed by atoms with van der Waals surface area (Å²) in [5.74, 6) is 0.674. The minimum absolute atomic E-state index is 0.0275. The first-order chi connectivity index (χ1) is 18.6. The van der Waals surface area contributed by atoms with Gasteiger partial charge in [-0.15, -0.1) is 0 Å². The van der Waals surface area contributed by atoms with Gasteiger partial charge in [0.25, 0.3) is 0 Å². The van der Waals surface area contributed by atoms with Crippen LogP contribution in [0, 0.1) is 5.82 Å². The molecule has 0 aliphatic carbocycles. The number of hydrogen-bond acceptors (Lipinski definition) is 10. The minimum atomic E-state index is -0.752. The van der Waals surface area contributed by atoms with Gasteiger partial charge in [-0.2, -0.15) is 4.37 Å². The first kappa shape index (κ1) is 30.7. The number of ether oxygens (including phenoxy) is 3. The Labute approximate surface area is 241 Å². The van der Waals surface area contributed by atoms with Crippen molar-refractivity contribution in [2.45, 2.75) is 50.7 Å². The Kier molecular flexibility index (Phi) is 11.0. The molecule has 0 aliphatic rings. The number of anilines is 2. The number of methoxy groups -OCH3 is 2. The molecule has 2 aromatic carbocycles. The molecule has 1 amide bonds. The first-order valence-corrected chi connectivity index (χ1v) is 14.0. The zero-order valence-electron chi connectivity index (χ0n) is 22.4. The number of aromatic nitrogens is 2. The maximum absolute atomic E-state index is 15.6. The molecule has 212 valence electrons. The maximum atomic E-state index is 15.6. The molecule has 9 nitrogen and oxygen atoms in total. The van der Waals surface area contributed by atoms with E-state index in [4.69, 9.17) is 25.8 Å². The Hall–Kier alpha value is -2.80. The number of benzene rings is 2. The number of carbonyl (C=O) groups excluding carboxylic acids is 1. The summed E-state index contributed by atoms with van der Waals surface area (Å²) < 4.78 is 37.8. The number of aliphatic hydroxyl groups excluding tert-OH is 1. The third-order valence-electron chi connectivity index (χ3n) is 5.28. The second kappa shape index (κ2) is 14.0. The number of rotatable bonds is 12. The summed E-state index contributed by atoms with van der Waals surface area (Å²) in [5.41, 5.74) is 0.256. The summed E-state index contributed by atoms with van der Waals surface area (Å²) in [4.78, 5) is 18.8. The van der Waals surface area contributed by atoms with E-state index in [1.54, 1.807) is 45.4 Å².